The Bertz CT molecular complexity index is 429. The molecule has 100 valence electrons. The Labute approximate surface area is 111 Å². The lowest BCUT2D eigenvalue weighted by molar-refractivity contribution is 0.0489. The van der Waals surface area contributed by atoms with Gasteiger partial charge in [-0.15, -0.1) is 0 Å². The van der Waals surface area contributed by atoms with Crippen molar-refractivity contribution in [3.05, 3.63) is 34.9 Å². The smallest absolute Gasteiger partial charge is 0.0600 e. The second-order valence-corrected chi connectivity index (χ2v) is 5.87. The third kappa shape index (κ3) is 2.32. The minimum Gasteiger partial charge on any atom is -0.375 e. The summed E-state index contributed by atoms with van der Waals surface area (Å²) in [7, 11) is 0. The monoisotopic (exact) mass is 247 g/mol. The van der Waals surface area contributed by atoms with E-state index in [1.807, 2.05) is 0 Å². The summed E-state index contributed by atoms with van der Waals surface area (Å²) in [5.74, 6) is 0.914. The molecule has 2 rings (SSSR count). The van der Waals surface area contributed by atoms with Gasteiger partial charge in [-0.2, -0.15) is 0 Å². The van der Waals surface area contributed by atoms with E-state index in [-0.39, 0.29) is 12.1 Å². The molecule has 1 aliphatic heterocycles. The topological polar surface area (TPSA) is 35.2 Å². The van der Waals surface area contributed by atoms with Gasteiger partial charge in [0, 0.05) is 12.0 Å². The van der Waals surface area contributed by atoms with Gasteiger partial charge in [-0.25, -0.2) is 0 Å². The second-order valence-electron chi connectivity index (χ2n) is 5.87. The van der Waals surface area contributed by atoms with Crippen molar-refractivity contribution < 1.29 is 4.74 Å². The maximum Gasteiger partial charge on any atom is 0.0600 e. The van der Waals surface area contributed by atoms with Crippen molar-refractivity contribution >= 4 is 0 Å². The summed E-state index contributed by atoms with van der Waals surface area (Å²) < 4.78 is 5.91. The minimum absolute atomic E-state index is 0.0700. The van der Waals surface area contributed by atoms with Crippen LogP contribution in [0.5, 0.6) is 0 Å². The molecule has 5 unspecified atom stereocenters. The molecule has 1 aromatic rings. The van der Waals surface area contributed by atoms with Crippen molar-refractivity contribution in [2.24, 2.45) is 17.6 Å². The van der Waals surface area contributed by atoms with Crippen LogP contribution in [0.3, 0.4) is 0 Å². The van der Waals surface area contributed by atoms with E-state index in [4.69, 9.17) is 10.5 Å². The molecule has 0 bridgehead atoms. The largest absolute Gasteiger partial charge is 0.375 e. The molecule has 5 atom stereocenters. The second kappa shape index (κ2) is 5.02. The highest BCUT2D eigenvalue weighted by Gasteiger charge is 2.41. The van der Waals surface area contributed by atoms with E-state index in [1.165, 1.54) is 16.7 Å². The van der Waals surface area contributed by atoms with Gasteiger partial charge >= 0.3 is 0 Å². The van der Waals surface area contributed by atoms with Crippen LogP contribution in [0.4, 0.5) is 0 Å². The summed E-state index contributed by atoms with van der Waals surface area (Å²) in [4.78, 5) is 0. The lowest BCUT2D eigenvalue weighted by atomic mass is 9.80. The Morgan fingerprint density at radius 1 is 1.11 bits per heavy atom. The standard InChI is InChI=1S/C16H25NO/c1-9-6-7-14(10(2)8-9)16(17)15-11(3)12(4)18-13(15)5/h6-8,11-13,15-16H,17H2,1-5H3. The zero-order valence-corrected chi connectivity index (χ0v) is 12.1. The highest BCUT2D eigenvalue weighted by molar-refractivity contribution is 5.33. The average Bonchev–Trinajstić information content (AvgIpc) is 2.52. The molecule has 18 heavy (non-hydrogen) atoms. The van der Waals surface area contributed by atoms with Crippen molar-refractivity contribution in [2.45, 2.75) is 52.9 Å². The molecule has 2 nitrogen and oxygen atoms in total. The van der Waals surface area contributed by atoms with E-state index in [0.717, 1.165) is 0 Å². The van der Waals surface area contributed by atoms with Gasteiger partial charge < -0.3 is 10.5 Å². The molecule has 0 saturated carbocycles. The summed E-state index contributed by atoms with van der Waals surface area (Å²) in [5.41, 5.74) is 10.4. The Hall–Kier alpha value is -0.860. The van der Waals surface area contributed by atoms with Gasteiger partial charge in [0.15, 0.2) is 0 Å². The Kier molecular flexibility index (Phi) is 3.79. The van der Waals surface area contributed by atoms with Crippen LogP contribution < -0.4 is 5.73 Å². The molecule has 0 aromatic heterocycles. The molecule has 0 spiro atoms. The van der Waals surface area contributed by atoms with Gasteiger partial charge in [0.25, 0.3) is 0 Å². The van der Waals surface area contributed by atoms with E-state index in [1.54, 1.807) is 0 Å². The van der Waals surface area contributed by atoms with Crippen LogP contribution in [-0.2, 0) is 4.74 Å². The SMILES string of the molecule is Cc1ccc(C(N)C2C(C)OC(C)C2C)c(C)c1. The highest BCUT2D eigenvalue weighted by atomic mass is 16.5. The molecule has 2 N–H and O–H groups in total. The molecule has 2 heteroatoms. The van der Waals surface area contributed by atoms with E-state index in [2.05, 4.69) is 52.8 Å². The van der Waals surface area contributed by atoms with E-state index < -0.39 is 0 Å². The first-order valence-electron chi connectivity index (χ1n) is 6.90. The van der Waals surface area contributed by atoms with Crippen LogP contribution in [0.1, 0.15) is 43.5 Å². The zero-order valence-electron chi connectivity index (χ0n) is 12.1. The number of nitrogens with two attached hydrogens (primary N) is 1. The Balaban J connectivity index is 2.28. The molecule has 0 amide bonds. The minimum atomic E-state index is 0.0700. The third-order valence-corrected chi connectivity index (χ3v) is 4.52. The summed E-state index contributed by atoms with van der Waals surface area (Å²) in [6, 6.07) is 6.61. The number of benzene rings is 1. The van der Waals surface area contributed by atoms with Crippen LogP contribution in [0.25, 0.3) is 0 Å². The number of rotatable bonds is 2. The predicted octanol–water partition coefficient (Wildman–Crippen LogP) is 3.36. The summed E-state index contributed by atoms with van der Waals surface area (Å²) >= 11 is 0. The molecule has 0 radical (unpaired) electrons. The number of ether oxygens (including phenoxy) is 1. The first-order chi connectivity index (χ1) is 8.41. The quantitative estimate of drug-likeness (QED) is 0.869. The molecule has 1 heterocycles. The summed E-state index contributed by atoms with van der Waals surface area (Å²) in [6.45, 7) is 10.8. The number of hydrogen-bond acceptors (Lipinski definition) is 2. The fourth-order valence-corrected chi connectivity index (χ4v) is 3.32. The highest BCUT2D eigenvalue weighted by Crippen LogP contribution is 2.40. The summed E-state index contributed by atoms with van der Waals surface area (Å²) in [5, 5.41) is 0. The first kappa shape index (κ1) is 13.6. The lowest BCUT2D eigenvalue weighted by Crippen LogP contribution is -2.31. The van der Waals surface area contributed by atoms with Gasteiger partial charge in [0.2, 0.25) is 0 Å². The van der Waals surface area contributed by atoms with E-state index in [0.29, 0.717) is 17.9 Å². The van der Waals surface area contributed by atoms with Crippen LogP contribution >= 0.6 is 0 Å². The maximum absolute atomic E-state index is 6.51. The van der Waals surface area contributed by atoms with Crippen molar-refractivity contribution in [1.82, 2.24) is 0 Å². The first-order valence-corrected chi connectivity index (χ1v) is 6.90. The molecular weight excluding hydrogens is 222 g/mol. The van der Waals surface area contributed by atoms with Gasteiger partial charge in [0.05, 0.1) is 12.2 Å². The molecule has 1 saturated heterocycles. The molecule has 1 aliphatic rings. The van der Waals surface area contributed by atoms with Crippen molar-refractivity contribution in [1.29, 1.82) is 0 Å². The van der Waals surface area contributed by atoms with Crippen LogP contribution in [0.15, 0.2) is 18.2 Å². The Morgan fingerprint density at radius 3 is 2.28 bits per heavy atom. The third-order valence-electron chi connectivity index (χ3n) is 4.52. The van der Waals surface area contributed by atoms with Crippen LogP contribution in [-0.4, -0.2) is 12.2 Å². The molecular formula is C16H25NO. The normalized spacial score (nSPS) is 33.7. The number of aryl methyl sites for hydroxylation is 2. The summed E-state index contributed by atoms with van der Waals surface area (Å²) in [6.07, 6.45) is 0.549. The van der Waals surface area contributed by atoms with E-state index in [9.17, 15) is 0 Å². The molecule has 1 aromatic carbocycles. The maximum atomic E-state index is 6.51. The average molecular weight is 247 g/mol. The van der Waals surface area contributed by atoms with E-state index >= 15 is 0 Å². The van der Waals surface area contributed by atoms with Crippen LogP contribution in [0.2, 0.25) is 0 Å². The van der Waals surface area contributed by atoms with Crippen molar-refractivity contribution in [2.75, 3.05) is 0 Å². The zero-order chi connectivity index (χ0) is 13.4. The lowest BCUT2D eigenvalue weighted by Gasteiger charge is -2.27. The van der Waals surface area contributed by atoms with Crippen LogP contribution in [0, 0.1) is 25.7 Å². The molecule has 0 aliphatic carbocycles. The number of hydrogen-bond donors (Lipinski definition) is 1. The van der Waals surface area contributed by atoms with Crippen molar-refractivity contribution in [3.63, 3.8) is 0 Å². The van der Waals surface area contributed by atoms with Gasteiger partial charge in [0.1, 0.15) is 0 Å². The van der Waals surface area contributed by atoms with Gasteiger partial charge in [-0.1, -0.05) is 30.7 Å². The Morgan fingerprint density at radius 2 is 1.78 bits per heavy atom. The fraction of sp³-hybridized carbons (Fsp3) is 0.625. The predicted molar refractivity (Wildman–Crippen MR) is 75.5 cm³/mol. The van der Waals surface area contributed by atoms with Gasteiger partial charge in [-0.05, 0) is 44.7 Å². The molecule has 1 fully saturated rings. The van der Waals surface area contributed by atoms with Gasteiger partial charge in [-0.3, -0.25) is 0 Å². The van der Waals surface area contributed by atoms with Crippen molar-refractivity contribution in [3.8, 4) is 0 Å². The fourth-order valence-electron chi connectivity index (χ4n) is 3.32.